The van der Waals surface area contributed by atoms with Crippen molar-refractivity contribution in [3.63, 3.8) is 0 Å². The summed E-state index contributed by atoms with van der Waals surface area (Å²) < 4.78 is 12.9. The van der Waals surface area contributed by atoms with E-state index in [0.717, 1.165) is 16.7 Å². The molecule has 3 rings (SSSR count). The number of nitrogens with zero attached hydrogens (tertiary/aromatic N) is 1. The summed E-state index contributed by atoms with van der Waals surface area (Å²) in [6, 6.07) is 10.9. The molecule has 0 unspecified atom stereocenters. The van der Waals surface area contributed by atoms with Crippen molar-refractivity contribution in [2.75, 3.05) is 0 Å². The molecule has 0 amide bonds. The fraction of sp³-hybridized carbons (Fsp3) is 0.176. The van der Waals surface area contributed by atoms with Crippen LogP contribution in [0.4, 0.5) is 4.39 Å². The highest BCUT2D eigenvalue weighted by Gasteiger charge is 2.09. The number of hydrogen-bond acceptors (Lipinski definition) is 2. The summed E-state index contributed by atoms with van der Waals surface area (Å²) in [6.45, 7) is 3.28. The Balaban J connectivity index is 2.28. The number of para-hydroxylation sites is 1. The van der Waals surface area contributed by atoms with Gasteiger partial charge in [0.25, 0.3) is 5.56 Å². The van der Waals surface area contributed by atoms with Gasteiger partial charge in [-0.25, -0.2) is 9.37 Å². The number of aromatic amines is 1. The minimum Gasteiger partial charge on any atom is -0.306 e. The van der Waals surface area contributed by atoms with Crippen LogP contribution in [-0.4, -0.2) is 9.97 Å². The van der Waals surface area contributed by atoms with Gasteiger partial charge in [-0.3, -0.25) is 4.79 Å². The maximum atomic E-state index is 12.9. The first-order chi connectivity index (χ1) is 10.1. The summed E-state index contributed by atoms with van der Waals surface area (Å²) in [4.78, 5) is 19.5. The number of alkyl halides is 1. The van der Waals surface area contributed by atoms with E-state index in [4.69, 9.17) is 0 Å². The van der Waals surface area contributed by atoms with Gasteiger partial charge in [0, 0.05) is 5.56 Å². The Morgan fingerprint density at radius 2 is 2.00 bits per heavy atom. The second-order valence-corrected chi connectivity index (χ2v) is 5.23. The van der Waals surface area contributed by atoms with Crippen LogP contribution < -0.4 is 5.56 Å². The molecule has 21 heavy (non-hydrogen) atoms. The number of hydrogen-bond donors (Lipinski definition) is 1. The van der Waals surface area contributed by atoms with Gasteiger partial charge in [-0.05, 0) is 43.2 Å². The van der Waals surface area contributed by atoms with E-state index in [1.165, 1.54) is 0 Å². The van der Waals surface area contributed by atoms with Crippen LogP contribution in [0.3, 0.4) is 0 Å². The molecule has 3 aromatic rings. The van der Waals surface area contributed by atoms with E-state index in [0.29, 0.717) is 22.3 Å². The number of halogens is 1. The molecular formula is C17H15FN2O. The molecule has 106 valence electrons. The standard InChI is InChI=1S/C17H15FN2O/c1-10-6-12(9-18)8-13(7-10)16-19-15-11(2)4-3-5-14(15)17(21)20-16/h3-8H,9H2,1-2H3,(H,19,20,21). The van der Waals surface area contributed by atoms with Gasteiger partial charge in [-0.15, -0.1) is 0 Å². The predicted molar refractivity (Wildman–Crippen MR) is 82.1 cm³/mol. The normalized spacial score (nSPS) is 11.0. The van der Waals surface area contributed by atoms with Crippen molar-refractivity contribution in [2.45, 2.75) is 20.5 Å². The molecule has 0 aliphatic heterocycles. The van der Waals surface area contributed by atoms with E-state index < -0.39 is 6.67 Å². The zero-order valence-electron chi connectivity index (χ0n) is 11.9. The lowest BCUT2D eigenvalue weighted by Crippen LogP contribution is -2.10. The molecule has 1 aromatic heterocycles. The van der Waals surface area contributed by atoms with Gasteiger partial charge in [0.05, 0.1) is 10.9 Å². The SMILES string of the molecule is Cc1cc(CF)cc(-c2nc3c(C)cccc3c(=O)[nH]2)c1. The lowest BCUT2D eigenvalue weighted by Gasteiger charge is -2.07. The molecule has 0 radical (unpaired) electrons. The largest absolute Gasteiger partial charge is 0.306 e. The first-order valence-electron chi connectivity index (χ1n) is 6.75. The molecular weight excluding hydrogens is 267 g/mol. The van der Waals surface area contributed by atoms with Gasteiger partial charge >= 0.3 is 0 Å². The molecule has 0 fully saturated rings. The second-order valence-electron chi connectivity index (χ2n) is 5.23. The number of rotatable bonds is 2. The van der Waals surface area contributed by atoms with E-state index in [1.807, 2.05) is 32.0 Å². The summed E-state index contributed by atoms with van der Waals surface area (Å²) in [6.07, 6.45) is 0. The minimum absolute atomic E-state index is 0.179. The molecule has 0 atom stereocenters. The van der Waals surface area contributed by atoms with Crippen LogP contribution in [0.5, 0.6) is 0 Å². The maximum Gasteiger partial charge on any atom is 0.259 e. The third-order valence-corrected chi connectivity index (χ3v) is 3.50. The minimum atomic E-state index is -0.536. The smallest absolute Gasteiger partial charge is 0.259 e. The molecule has 0 bridgehead atoms. The topological polar surface area (TPSA) is 45.8 Å². The first kappa shape index (κ1) is 13.5. The van der Waals surface area contributed by atoms with Gasteiger partial charge < -0.3 is 4.98 Å². The third kappa shape index (κ3) is 2.44. The highest BCUT2D eigenvalue weighted by atomic mass is 19.1. The molecule has 0 aliphatic carbocycles. The highest BCUT2D eigenvalue weighted by molar-refractivity contribution is 5.82. The van der Waals surface area contributed by atoms with Crippen LogP contribution in [0, 0.1) is 13.8 Å². The molecule has 3 nitrogen and oxygen atoms in total. The summed E-state index contributed by atoms with van der Waals surface area (Å²) in [5.74, 6) is 0.472. The Morgan fingerprint density at radius 3 is 2.76 bits per heavy atom. The van der Waals surface area contributed by atoms with Crippen LogP contribution in [-0.2, 0) is 6.67 Å². The quantitative estimate of drug-likeness (QED) is 0.779. The number of fused-ring (bicyclic) bond motifs is 1. The van der Waals surface area contributed by atoms with Crippen molar-refractivity contribution >= 4 is 10.9 Å². The van der Waals surface area contributed by atoms with Crippen molar-refractivity contribution in [2.24, 2.45) is 0 Å². The van der Waals surface area contributed by atoms with Crippen LogP contribution in [0.15, 0.2) is 41.2 Å². The monoisotopic (exact) mass is 282 g/mol. The lowest BCUT2D eigenvalue weighted by molar-refractivity contribution is 0.485. The Hall–Kier alpha value is -2.49. The van der Waals surface area contributed by atoms with Gasteiger partial charge in [0.1, 0.15) is 12.5 Å². The van der Waals surface area contributed by atoms with Gasteiger partial charge in [0.15, 0.2) is 0 Å². The van der Waals surface area contributed by atoms with E-state index in [-0.39, 0.29) is 5.56 Å². The average molecular weight is 282 g/mol. The molecule has 4 heteroatoms. The molecule has 0 saturated carbocycles. The maximum absolute atomic E-state index is 12.9. The van der Waals surface area contributed by atoms with E-state index >= 15 is 0 Å². The molecule has 2 aromatic carbocycles. The van der Waals surface area contributed by atoms with Gasteiger partial charge in [0.2, 0.25) is 0 Å². The van der Waals surface area contributed by atoms with Crippen LogP contribution in [0.25, 0.3) is 22.3 Å². The Bertz CT molecular complexity index is 884. The highest BCUT2D eigenvalue weighted by Crippen LogP contribution is 2.21. The Morgan fingerprint density at radius 1 is 1.19 bits per heavy atom. The zero-order valence-corrected chi connectivity index (χ0v) is 11.9. The summed E-state index contributed by atoms with van der Waals surface area (Å²) in [7, 11) is 0. The van der Waals surface area contributed by atoms with Crippen molar-refractivity contribution in [1.82, 2.24) is 9.97 Å². The summed E-state index contributed by atoms with van der Waals surface area (Å²) >= 11 is 0. The Kier molecular flexibility index (Phi) is 3.29. The number of aryl methyl sites for hydroxylation is 2. The van der Waals surface area contributed by atoms with Crippen molar-refractivity contribution in [1.29, 1.82) is 0 Å². The third-order valence-electron chi connectivity index (χ3n) is 3.50. The fourth-order valence-electron chi connectivity index (χ4n) is 2.52. The van der Waals surface area contributed by atoms with Crippen LogP contribution in [0.2, 0.25) is 0 Å². The van der Waals surface area contributed by atoms with E-state index in [1.54, 1.807) is 18.2 Å². The fourth-order valence-corrected chi connectivity index (χ4v) is 2.52. The molecule has 0 saturated heterocycles. The van der Waals surface area contributed by atoms with Crippen molar-refractivity contribution < 1.29 is 4.39 Å². The molecule has 0 spiro atoms. The summed E-state index contributed by atoms with van der Waals surface area (Å²) in [5, 5.41) is 0.567. The number of H-pyrrole nitrogens is 1. The molecule has 1 N–H and O–H groups in total. The van der Waals surface area contributed by atoms with Crippen LogP contribution >= 0.6 is 0 Å². The zero-order chi connectivity index (χ0) is 15.0. The van der Waals surface area contributed by atoms with E-state index in [2.05, 4.69) is 9.97 Å². The lowest BCUT2D eigenvalue weighted by atomic mass is 10.1. The molecule has 1 heterocycles. The molecule has 0 aliphatic rings. The average Bonchev–Trinajstić information content (AvgIpc) is 2.47. The van der Waals surface area contributed by atoms with Gasteiger partial charge in [-0.1, -0.05) is 23.8 Å². The second kappa shape index (κ2) is 5.13. The summed E-state index contributed by atoms with van der Waals surface area (Å²) in [5.41, 5.74) is 3.69. The van der Waals surface area contributed by atoms with Crippen molar-refractivity contribution in [3.8, 4) is 11.4 Å². The van der Waals surface area contributed by atoms with Gasteiger partial charge in [-0.2, -0.15) is 0 Å². The Labute approximate surface area is 121 Å². The van der Waals surface area contributed by atoms with Crippen molar-refractivity contribution in [3.05, 3.63) is 63.4 Å². The first-order valence-corrected chi connectivity index (χ1v) is 6.75. The number of aromatic nitrogens is 2. The van der Waals surface area contributed by atoms with Crippen LogP contribution in [0.1, 0.15) is 16.7 Å². The predicted octanol–water partition coefficient (Wildman–Crippen LogP) is 3.68. The number of benzene rings is 2. The number of nitrogens with one attached hydrogen (secondary N) is 1. The van der Waals surface area contributed by atoms with E-state index in [9.17, 15) is 9.18 Å².